The molecule has 1 N–H and O–H groups in total. The first-order chi connectivity index (χ1) is 10.6. The second-order valence-electron chi connectivity index (χ2n) is 6.83. The maximum absolute atomic E-state index is 12.0. The zero-order valence-electron chi connectivity index (χ0n) is 13.5. The third-order valence-electron chi connectivity index (χ3n) is 3.72. The minimum absolute atomic E-state index is 0.0685. The Kier molecular flexibility index (Phi) is 5.69. The van der Waals surface area contributed by atoms with E-state index in [9.17, 15) is 13.2 Å². The lowest BCUT2D eigenvalue weighted by Crippen LogP contribution is -2.41. The predicted octanol–water partition coefficient (Wildman–Crippen LogP) is 2.60. The number of hydrogen-bond acceptors (Lipinski definition) is 4. The van der Waals surface area contributed by atoms with Crippen molar-refractivity contribution < 1.29 is 13.2 Å². The minimum Gasteiger partial charge on any atom is -0.350 e. The number of sulfone groups is 1. The van der Waals surface area contributed by atoms with Gasteiger partial charge in [0.05, 0.1) is 28.7 Å². The lowest BCUT2D eigenvalue weighted by molar-refractivity contribution is -0.119. The Morgan fingerprint density at radius 1 is 1.26 bits per heavy atom. The molecule has 2 atom stereocenters. The van der Waals surface area contributed by atoms with Crippen molar-refractivity contribution in [1.82, 2.24) is 5.32 Å². The van der Waals surface area contributed by atoms with Crippen LogP contribution in [0.2, 0.25) is 0 Å². The Hall–Kier alpha value is -0.720. The predicted molar refractivity (Wildman–Crippen MR) is 96.1 cm³/mol. The van der Waals surface area contributed by atoms with Gasteiger partial charge in [0.1, 0.15) is 0 Å². The number of alkyl halides is 1. The summed E-state index contributed by atoms with van der Waals surface area (Å²) in [6, 6.07) is 7.65. The molecule has 1 aliphatic heterocycles. The fourth-order valence-electron chi connectivity index (χ4n) is 2.39. The van der Waals surface area contributed by atoms with E-state index in [1.807, 2.05) is 12.1 Å². The minimum atomic E-state index is -3.13. The van der Waals surface area contributed by atoms with E-state index in [1.165, 1.54) is 17.3 Å². The first-order valence-electron chi connectivity index (χ1n) is 7.44. The van der Waals surface area contributed by atoms with Crippen molar-refractivity contribution in [1.29, 1.82) is 0 Å². The van der Waals surface area contributed by atoms with Crippen LogP contribution in [0.25, 0.3) is 0 Å². The summed E-state index contributed by atoms with van der Waals surface area (Å²) in [5.74, 6) is -0.0870. The van der Waals surface area contributed by atoms with Crippen LogP contribution in [0.3, 0.4) is 0 Å². The number of halogens is 1. The van der Waals surface area contributed by atoms with Crippen molar-refractivity contribution in [3.8, 4) is 0 Å². The van der Waals surface area contributed by atoms with E-state index >= 15 is 0 Å². The summed E-state index contributed by atoms with van der Waals surface area (Å²) in [6.07, 6.45) is 0. The van der Waals surface area contributed by atoms with Gasteiger partial charge in [0.25, 0.3) is 0 Å². The number of nitrogens with one attached hydrogen (secondary N) is 1. The molecule has 1 aromatic rings. The van der Waals surface area contributed by atoms with Crippen LogP contribution >= 0.6 is 23.4 Å². The highest BCUT2D eigenvalue weighted by molar-refractivity contribution is 8.00. The first kappa shape index (κ1) is 18.6. The molecule has 1 saturated heterocycles. The number of benzene rings is 1. The van der Waals surface area contributed by atoms with E-state index in [0.717, 1.165) is 4.90 Å². The van der Waals surface area contributed by atoms with Crippen LogP contribution in [0.1, 0.15) is 26.3 Å². The Labute approximate surface area is 147 Å². The van der Waals surface area contributed by atoms with Crippen molar-refractivity contribution >= 4 is 39.1 Å². The van der Waals surface area contributed by atoms with Gasteiger partial charge >= 0.3 is 0 Å². The Balaban J connectivity index is 1.85. The number of hydrogen-bond donors (Lipinski definition) is 1. The Morgan fingerprint density at radius 3 is 2.35 bits per heavy atom. The third-order valence-corrected chi connectivity index (χ3v) is 7.11. The molecule has 7 heteroatoms. The SMILES string of the molecule is CC(C)(C)c1ccc(SCC(=O)N[C@@H]2CS(=O)(=O)C[C@H]2Cl)cc1. The number of thioether (sulfide) groups is 1. The number of rotatable bonds is 4. The van der Waals surface area contributed by atoms with E-state index in [0.29, 0.717) is 0 Å². The van der Waals surface area contributed by atoms with Gasteiger partial charge < -0.3 is 5.32 Å². The summed E-state index contributed by atoms with van der Waals surface area (Å²) in [5.41, 5.74) is 1.34. The van der Waals surface area contributed by atoms with Crippen LogP contribution < -0.4 is 5.32 Å². The van der Waals surface area contributed by atoms with E-state index < -0.39 is 21.3 Å². The molecule has 128 valence electrons. The average molecular weight is 376 g/mol. The second-order valence-corrected chi connectivity index (χ2v) is 10.6. The topological polar surface area (TPSA) is 63.2 Å². The average Bonchev–Trinajstić information content (AvgIpc) is 2.68. The van der Waals surface area contributed by atoms with Gasteiger partial charge in [-0.2, -0.15) is 0 Å². The molecule has 0 spiro atoms. The molecule has 1 aromatic carbocycles. The van der Waals surface area contributed by atoms with Crippen molar-refractivity contribution in [2.45, 2.75) is 42.5 Å². The van der Waals surface area contributed by atoms with Crippen LogP contribution in [0.15, 0.2) is 29.2 Å². The first-order valence-corrected chi connectivity index (χ1v) is 10.7. The fraction of sp³-hybridized carbons (Fsp3) is 0.562. The van der Waals surface area contributed by atoms with Gasteiger partial charge in [-0.25, -0.2) is 8.42 Å². The van der Waals surface area contributed by atoms with Crippen LogP contribution in [-0.4, -0.2) is 43.0 Å². The molecule has 4 nitrogen and oxygen atoms in total. The molecule has 0 bridgehead atoms. The van der Waals surface area contributed by atoms with Crippen LogP contribution in [0.4, 0.5) is 0 Å². The summed E-state index contributed by atoms with van der Waals surface area (Å²) in [6.45, 7) is 6.46. The van der Waals surface area contributed by atoms with Crippen LogP contribution in [0, 0.1) is 0 Å². The lowest BCUT2D eigenvalue weighted by atomic mass is 9.87. The molecule has 0 aliphatic carbocycles. The summed E-state index contributed by atoms with van der Waals surface area (Å²) in [4.78, 5) is 13.0. The van der Waals surface area contributed by atoms with Crippen molar-refractivity contribution in [2.24, 2.45) is 0 Å². The normalized spacial score (nSPS) is 23.7. The maximum Gasteiger partial charge on any atom is 0.230 e. The molecule has 1 heterocycles. The number of amides is 1. The monoisotopic (exact) mass is 375 g/mol. The summed E-state index contributed by atoms with van der Waals surface area (Å²) in [7, 11) is -3.13. The molecule has 0 saturated carbocycles. The lowest BCUT2D eigenvalue weighted by Gasteiger charge is -2.19. The van der Waals surface area contributed by atoms with Gasteiger partial charge in [0, 0.05) is 4.90 Å². The zero-order chi connectivity index (χ0) is 17.3. The molecular weight excluding hydrogens is 354 g/mol. The van der Waals surface area contributed by atoms with E-state index in [4.69, 9.17) is 11.6 Å². The molecule has 1 aliphatic rings. The smallest absolute Gasteiger partial charge is 0.230 e. The number of carbonyl (C=O) groups excluding carboxylic acids is 1. The van der Waals surface area contributed by atoms with E-state index in [1.54, 1.807) is 0 Å². The van der Waals surface area contributed by atoms with Crippen LogP contribution in [-0.2, 0) is 20.0 Å². The van der Waals surface area contributed by atoms with Crippen LogP contribution in [0.5, 0.6) is 0 Å². The van der Waals surface area contributed by atoms with Crippen molar-refractivity contribution in [3.05, 3.63) is 29.8 Å². The van der Waals surface area contributed by atoms with E-state index in [-0.39, 0.29) is 28.6 Å². The standard InChI is InChI=1S/C16H22ClNO3S2/c1-16(2,3)11-4-6-12(7-5-11)22-8-15(19)18-14-10-23(20,21)9-13(14)17/h4-7,13-14H,8-10H2,1-3H3,(H,18,19)/t13-,14-/m1/s1. The van der Waals surface area contributed by atoms with Gasteiger partial charge in [-0.1, -0.05) is 32.9 Å². The summed E-state index contributed by atoms with van der Waals surface area (Å²) < 4.78 is 23.0. The zero-order valence-corrected chi connectivity index (χ0v) is 15.9. The van der Waals surface area contributed by atoms with Crippen molar-refractivity contribution in [2.75, 3.05) is 17.3 Å². The molecular formula is C16H22ClNO3S2. The van der Waals surface area contributed by atoms with Crippen molar-refractivity contribution in [3.63, 3.8) is 0 Å². The molecule has 23 heavy (non-hydrogen) atoms. The quantitative estimate of drug-likeness (QED) is 0.649. The van der Waals surface area contributed by atoms with E-state index in [2.05, 4.69) is 38.2 Å². The second kappa shape index (κ2) is 7.03. The van der Waals surface area contributed by atoms with Gasteiger partial charge in [-0.15, -0.1) is 23.4 Å². The molecule has 1 fully saturated rings. The number of carbonyl (C=O) groups is 1. The van der Waals surface area contributed by atoms with Gasteiger partial charge in [-0.3, -0.25) is 4.79 Å². The highest BCUT2D eigenvalue weighted by atomic mass is 35.5. The highest BCUT2D eigenvalue weighted by Gasteiger charge is 2.37. The molecule has 0 unspecified atom stereocenters. The highest BCUT2D eigenvalue weighted by Crippen LogP contribution is 2.25. The van der Waals surface area contributed by atoms with Gasteiger partial charge in [0.15, 0.2) is 9.84 Å². The maximum atomic E-state index is 12.0. The largest absolute Gasteiger partial charge is 0.350 e. The fourth-order valence-corrected chi connectivity index (χ4v) is 5.64. The van der Waals surface area contributed by atoms with Gasteiger partial charge in [0.2, 0.25) is 5.91 Å². The molecule has 0 aromatic heterocycles. The molecule has 2 rings (SSSR count). The Bertz CT molecular complexity index is 666. The Morgan fingerprint density at radius 2 is 1.87 bits per heavy atom. The third kappa shape index (κ3) is 5.40. The molecule has 0 radical (unpaired) electrons. The summed E-state index contributed by atoms with van der Waals surface area (Å²) >= 11 is 7.41. The molecule has 1 amide bonds. The van der Waals surface area contributed by atoms with Gasteiger partial charge in [-0.05, 0) is 23.1 Å². The summed E-state index contributed by atoms with van der Waals surface area (Å²) in [5, 5.41) is 2.18.